The summed E-state index contributed by atoms with van der Waals surface area (Å²) >= 11 is 6.17. The number of rotatable bonds is 5. The first kappa shape index (κ1) is 14.8. The van der Waals surface area contributed by atoms with Gasteiger partial charge in [0.25, 0.3) is 0 Å². The Balaban J connectivity index is 1.67. The molecule has 2 aromatic heterocycles. The molecule has 0 amide bonds. The number of aromatic nitrogens is 3. The van der Waals surface area contributed by atoms with Crippen molar-refractivity contribution in [2.45, 2.75) is 13.1 Å². The normalized spacial score (nSPS) is 11.4. The van der Waals surface area contributed by atoms with Gasteiger partial charge < -0.3 is 4.90 Å². The van der Waals surface area contributed by atoms with E-state index in [1.54, 1.807) is 10.6 Å². The van der Waals surface area contributed by atoms with Gasteiger partial charge in [-0.05, 0) is 30.8 Å². The first-order chi connectivity index (χ1) is 10.6. The van der Waals surface area contributed by atoms with Crippen LogP contribution in [0.5, 0.6) is 0 Å². The first-order valence-corrected chi connectivity index (χ1v) is 7.49. The molecule has 0 aliphatic rings. The van der Waals surface area contributed by atoms with E-state index in [2.05, 4.69) is 10.00 Å². The van der Waals surface area contributed by atoms with Crippen molar-refractivity contribution >= 4 is 17.2 Å². The molecule has 0 fully saturated rings. The predicted octanol–water partition coefficient (Wildman–Crippen LogP) is 2.28. The lowest BCUT2D eigenvalue weighted by atomic mass is 10.2. The van der Waals surface area contributed by atoms with Gasteiger partial charge in [-0.2, -0.15) is 0 Å². The summed E-state index contributed by atoms with van der Waals surface area (Å²) in [5.41, 5.74) is 1.64. The second-order valence-corrected chi connectivity index (χ2v) is 5.67. The highest BCUT2D eigenvalue weighted by Gasteiger charge is 2.08. The summed E-state index contributed by atoms with van der Waals surface area (Å²) in [4.78, 5) is 14.3. The Bertz CT molecular complexity index is 839. The van der Waals surface area contributed by atoms with Crippen LogP contribution in [0, 0.1) is 0 Å². The molecule has 2 heterocycles. The zero-order chi connectivity index (χ0) is 15.5. The van der Waals surface area contributed by atoms with E-state index in [0.29, 0.717) is 12.2 Å². The molecule has 0 N–H and O–H groups in total. The van der Waals surface area contributed by atoms with Crippen LogP contribution < -0.4 is 5.69 Å². The highest BCUT2D eigenvalue weighted by molar-refractivity contribution is 6.31. The van der Waals surface area contributed by atoms with Crippen molar-refractivity contribution in [3.05, 3.63) is 69.7 Å². The van der Waals surface area contributed by atoms with E-state index in [0.717, 1.165) is 23.7 Å². The fourth-order valence-corrected chi connectivity index (χ4v) is 2.57. The molecule has 0 saturated heterocycles. The van der Waals surface area contributed by atoms with E-state index >= 15 is 0 Å². The van der Waals surface area contributed by atoms with Gasteiger partial charge in [0.1, 0.15) is 0 Å². The number of hydrogen-bond donors (Lipinski definition) is 0. The molecule has 3 rings (SSSR count). The van der Waals surface area contributed by atoms with Crippen LogP contribution in [0.3, 0.4) is 0 Å². The van der Waals surface area contributed by atoms with E-state index in [-0.39, 0.29) is 5.69 Å². The van der Waals surface area contributed by atoms with Crippen LogP contribution in [-0.2, 0) is 13.1 Å². The van der Waals surface area contributed by atoms with Crippen LogP contribution in [0.2, 0.25) is 5.02 Å². The number of likely N-dealkylation sites (N-methyl/N-ethyl adjacent to an activating group) is 1. The largest absolute Gasteiger partial charge is 0.350 e. The Morgan fingerprint density at radius 3 is 2.73 bits per heavy atom. The van der Waals surface area contributed by atoms with Crippen molar-refractivity contribution in [3.63, 3.8) is 0 Å². The van der Waals surface area contributed by atoms with Gasteiger partial charge in [-0.15, -0.1) is 5.10 Å². The van der Waals surface area contributed by atoms with Gasteiger partial charge in [-0.25, -0.2) is 9.48 Å². The zero-order valence-electron chi connectivity index (χ0n) is 12.3. The topological polar surface area (TPSA) is 42.5 Å². The van der Waals surface area contributed by atoms with Gasteiger partial charge in [-0.3, -0.25) is 4.40 Å². The van der Waals surface area contributed by atoms with Gasteiger partial charge in [0.05, 0.1) is 6.54 Å². The summed E-state index contributed by atoms with van der Waals surface area (Å²) in [7, 11) is 2.00. The second kappa shape index (κ2) is 6.34. The monoisotopic (exact) mass is 316 g/mol. The van der Waals surface area contributed by atoms with Gasteiger partial charge in [0.2, 0.25) is 0 Å². The van der Waals surface area contributed by atoms with Crippen molar-refractivity contribution < 1.29 is 0 Å². The molecule has 0 aliphatic heterocycles. The van der Waals surface area contributed by atoms with Crippen LogP contribution in [0.1, 0.15) is 5.56 Å². The Morgan fingerprint density at radius 2 is 1.95 bits per heavy atom. The number of hydrogen-bond acceptors (Lipinski definition) is 3. The quantitative estimate of drug-likeness (QED) is 0.725. The maximum Gasteiger partial charge on any atom is 0.350 e. The molecule has 0 bridgehead atoms. The summed E-state index contributed by atoms with van der Waals surface area (Å²) in [5, 5.41) is 5.09. The van der Waals surface area contributed by atoms with Gasteiger partial charge in [0.15, 0.2) is 5.65 Å². The van der Waals surface area contributed by atoms with Crippen molar-refractivity contribution in [2.24, 2.45) is 0 Å². The number of halogens is 1. The highest BCUT2D eigenvalue weighted by Crippen LogP contribution is 2.16. The molecular formula is C16H17ClN4O. The number of fused-ring (bicyclic) bond motifs is 1. The minimum Gasteiger partial charge on any atom is -0.300 e. The molecular weight excluding hydrogens is 300 g/mol. The highest BCUT2D eigenvalue weighted by atomic mass is 35.5. The molecule has 5 nitrogen and oxygen atoms in total. The van der Waals surface area contributed by atoms with Crippen LogP contribution >= 0.6 is 11.6 Å². The fourth-order valence-electron chi connectivity index (χ4n) is 2.38. The third kappa shape index (κ3) is 3.05. The fraction of sp³-hybridized carbons (Fsp3) is 0.250. The maximum atomic E-state index is 12.2. The summed E-state index contributed by atoms with van der Waals surface area (Å²) in [6, 6.07) is 13.3. The molecule has 0 spiro atoms. The lowest BCUT2D eigenvalue weighted by Crippen LogP contribution is -2.28. The summed E-state index contributed by atoms with van der Waals surface area (Å²) in [6.45, 7) is 2.00. The van der Waals surface area contributed by atoms with Crippen LogP contribution in [0.4, 0.5) is 0 Å². The third-order valence-corrected chi connectivity index (χ3v) is 3.95. The summed E-state index contributed by atoms with van der Waals surface area (Å²) in [5.74, 6) is 0. The lowest BCUT2D eigenvalue weighted by molar-refractivity contribution is 0.303. The Kier molecular flexibility index (Phi) is 4.27. The van der Waals surface area contributed by atoms with Gasteiger partial charge in [0, 0.05) is 24.3 Å². The molecule has 22 heavy (non-hydrogen) atoms. The molecule has 0 saturated carbocycles. The molecule has 0 radical (unpaired) electrons. The van der Waals surface area contributed by atoms with E-state index in [4.69, 9.17) is 11.6 Å². The van der Waals surface area contributed by atoms with Crippen molar-refractivity contribution in [1.29, 1.82) is 0 Å². The van der Waals surface area contributed by atoms with E-state index < -0.39 is 0 Å². The Hall–Kier alpha value is -2.11. The Morgan fingerprint density at radius 1 is 1.18 bits per heavy atom. The number of benzene rings is 1. The SMILES string of the molecule is CN(CCn1nc2ccccn2c1=O)Cc1ccccc1Cl. The van der Waals surface area contributed by atoms with Gasteiger partial charge in [-0.1, -0.05) is 35.9 Å². The third-order valence-electron chi connectivity index (χ3n) is 3.58. The zero-order valence-corrected chi connectivity index (χ0v) is 13.1. The number of nitrogens with zero attached hydrogens (tertiary/aromatic N) is 4. The maximum absolute atomic E-state index is 12.2. The van der Waals surface area contributed by atoms with E-state index in [9.17, 15) is 4.79 Å². The predicted molar refractivity (Wildman–Crippen MR) is 87.2 cm³/mol. The standard InChI is InChI=1S/C16H17ClN4O/c1-19(12-13-6-2-3-7-14(13)17)10-11-21-16(22)20-9-5-4-8-15(20)18-21/h2-9H,10-12H2,1H3. The summed E-state index contributed by atoms with van der Waals surface area (Å²) in [6.07, 6.45) is 1.73. The minimum atomic E-state index is -0.109. The van der Waals surface area contributed by atoms with Gasteiger partial charge >= 0.3 is 5.69 Å². The van der Waals surface area contributed by atoms with Crippen LogP contribution in [0.15, 0.2) is 53.5 Å². The average molecular weight is 317 g/mol. The van der Waals surface area contributed by atoms with E-state index in [1.807, 2.05) is 49.5 Å². The minimum absolute atomic E-state index is 0.109. The molecule has 1 aromatic carbocycles. The number of pyridine rings is 1. The molecule has 0 unspecified atom stereocenters. The second-order valence-electron chi connectivity index (χ2n) is 5.26. The first-order valence-electron chi connectivity index (χ1n) is 7.11. The smallest absolute Gasteiger partial charge is 0.300 e. The average Bonchev–Trinajstić information content (AvgIpc) is 2.84. The van der Waals surface area contributed by atoms with E-state index in [1.165, 1.54) is 4.68 Å². The van der Waals surface area contributed by atoms with Crippen molar-refractivity contribution in [1.82, 2.24) is 19.1 Å². The lowest BCUT2D eigenvalue weighted by Gasteiger charge is -2.16. The molecule has 0 aliphatic carbocycles. The Labute approximate surface area is 133 Å². The van der Waals surface area contributed by atoms with Crippen LogP contribution in [-0.4, -0.2) is 32.7 Å². The van der Waals surface area contributed by atoms with Crippen molar-refractivity contribution in [3.8, 4) is 0 Å². The molecule has 6 heteroatoms. The summed E-state index contributed by atoms with van der Waals surface area (Å²) < 4.78 is 3.05. The van der Waals surface area contributed by atoms with Crippen LogP contribution in [0.25, 0.3) is 5.65 Å². The van der Waals surface area contributed by atoms with Crippen molar-refractivity contribution in [2.75, 3.05) is 13.6 Å². The molecule has 0 atom stereocenters. The molecule has 3 aromatic rings. The molecule has 114 valence electrons.